The highest BCUT2D eigenvalue weighted by Gasteiger charge is 2.49. The summed E-state index contributed by atoms with van der Waals surface area (Å²) in [6.45, 7) is 12.9. The van der Waals surface area contributed by atoms with Crippen molar-refractivity contribution < 1.29 is 10.2 Å². The molecule has 0 unspecified atom stereocenters. The Morgan fingerprint density at radius 2 is 2.03 bits per heavy atom. The van der Waals surface area contributed by atoms with Crippen molar-refractivity contribution in [3.8, 4) is 0 Å². The van der Waals surface area contributed by atoms with Gasteiger partial charge in [-0.15, -0.1) is 0 Å². The van der Waals surface area contributed by atoms with Crippen molar-refractivity contribution >= 4 is 0 Å². The highest BCUT2D eigenvalue weighted by Crippen LogP contribution is 2.58. The van der Waals surface area contributed by atoms with Gasteiger partial charge in [-0.2, -0.15) is 0 Å². The van der Waals surface area contributed by atoms with Crippen molar-refractivity contribution in [3.63, 3.8) is 0 Å². The number of hydrogen-bond donors (Lipinski definition) is 2. The lowest BCUT2D eigenvalue weighted by Crippen LogP contribution is -2.34. The van der Waals surface area contributed by atoms with Crippen LogP contribution in [0, 0.1) is 23.2 Å². The minimum Gasteiger partial charge on any atom is -0.390 e. The van der Waals surface area contributed by atoms with E-state index in [1.807, 2.05) is 13.8 Å². The largest absolute Gasteiger partial charge is 0.390 e. The van der Waals surface area contributed by atoms with Crippen molar-refractivity contribution in [1.29, 1.82) is 0 Å². The Labute approximate surface area is 178 Å². The molecule has 0 aromatic heterocycles. The van der Waals surface area contributed by atoms with Gasteiger partial charge < -0.3 is 10.2 Å². The fraction of sp³-hybridized carbons (Fsp3) is 0.704. The molecule has 0 aromatic carbocycles. The van der Waals surface area contributed by atoms with Crippen LogP contribution in [-0.2, 0) is 0 Å². The zero-order valence-corrected chi connectivity index (χ0v) is 19.1. The first kappa shape index (κ1) is 22.6. The van der Waals surface area contributed by atoms with Crippen molar-refractivity contribution in [2.75, 3.05) is 0 Å². The van der Waals surface area contributed by atoms with Crippen LogP contribution in [0.1, 0.15) is 85.5 Å². The zero-order chi connectivity index (χ0) is 21.2. The lowest BCUT2D eigenvalue weighted by molar-refractivity contribution is 0.0625. The van der Waals surface area contributed by atoms with Crippen LogP contribution in [0.3, 0.4) is 0 Å². The van der Waals surface area contributed by atoms with E-state index in [2.05, 4.69) is 44.7 Å². The fourth-order valence-electron chi connectivity index (χ4n) is 6.26. The molecule has 0 aromatic rings. The Hall–Kier alpha value is -1.12. The Kier molecular flexibility index (Phi) is 6.95. The molecule has 0 radical (unpaired) electrons. The molecular weight excluding hydrogens is 356 g/mol. The summed E-state index contributed by atoms with van der Waals surface area (Å²) in [5.41, 5.74) is 3.41. The smallest absolute Gasteiger partial charge is 0.0787 e. The Balaban J connectivity index is 1.70. The third-order valence-corrected chi connectivity index (χ3v) is 8.03. The molecule has 5 atom stereocenters. The molecule has 29 heavy (non-hydrogen) atoms. The van der Waals surface area contributed by atoms with E-state index in [1.165, 1.54) is 36.8 Å². The monoisotopic (exact) mass is 398 g/mol. The van der Waals surface area contributed by atoms with Gasteiger partial charge in [-0.05, 0) is 98.7 Å². The van der Waals surface area contributed by atoms with Gasteiger partial charge >= 0.3 is 0 Å². The predicted molar refractivity (Wildman–Crippen MR) is 123 cm³/mol. The van der Waals surface area contributed by atoms with Gasteiger partial charge in [0.05, 0.1) is 11.7 Å². The minimum absolute atomic E-state index is 0.344. The molecule has 2 saturated carbocycles. The first-order valence-electron chi connectivity index (χ1n) is 11.8. The highest BCUT2D eigenvalue weighted by atomic mass is 16.3. The molecule has 2 fully saturated rings. The molecule has 2 heteroatoms. The van der Waals surface area contributed by atoms with Gasteiger partial charge in [0.15, 0.2) is 0 Å². The van der Waals surface area contributed by atoms with Gasteiger partial charge in [0.1, 0.15) is 0 Å². The normalized spacial score (nSPS) is 36.6. The van der Waals surface area contributed by atoms with Gasteiger partial charge in [0.2, 0.25) is 0 Å². The fourth-order valence-corrected chi connectivity index (χ4v) is 6.26. The van der Waals surface area contributed by atoms with E-state index in [9.17, 15) is 10.2 Å². The van der Waals surface area contributed by atoms with E-state index < -0.39 is 5.60 Å². The molecule has 0 amide bonds. The molecule has 2 N–H and O–H groups in total. The van der Waals surface area contributed by atoms with E-state index in [-0.39, 0.29) is 6.10 Å². The molecule has 3 aliphatic carbocycles. The van der Waals surface area contributed by atoms with Crippen LogP contribution in [0.5, 0.6) is 0 Å². The van der Waals surface area contributed by atoms with E-state index in [4.69, 9.17) is 0 Å². The van der Waals surface area contributed by atoms with Crippen LogP contribution in [-0.4, -0.2) is 21.9 Å². The van der Waals surface area contributed by atoms with E-state index in [0.29, 0.717) is 17.3 Å². The molecule has 0 aliphatic heterocycles. The van der Waals surface area contributed by atoms with Crippen molar-refractivity contribution in [3.05, 3.63) is 47.6 Å². The number of fused-ring (bicyclic) bond motifs is 1. The maximum Gasteiger partial charge on any atom is 0.0787 e. The molecule has 162 valence electrons. The number of hydrogen-bond acceptors (Lipinski definition) is 2. The topological polar surface area (TPSA) is 40.5 Å². The van der Waals surface area contributed by atoms with Crippen LogP contribution in [0.15, 0.2) is 47.6 Å². The summed E-state index contributed by atoms with van der Waals surface area (Å²) in [6.07, 6.45) is 18.8. The first-order chi connectivity index (χ1) is 13.6. The molecular formula is C27H42O2. The standard InChI is InChI=1S/C27H42O2/c1-19(9-7-17-26(3,4)29)23-15-16-24-22(11-8-18-27(23,24)5)14-13-21-10-6-12-25(28)20(21)2/h8,11,13-14,19,23-25,28-29H,2,6-7,9-10,12,15-18H2,1,3-5H3/b21-13+,22-14+/t19-,23-,24+,25+,27-/m1/s1. The second kappa shape index (κ2) is 8.94. The van der Waals surface area contributed by atoms with Crippen LogP contribution in [0.2, 0.25) is 0 Å². The van der Waals surface area contributed by atoms with Crippen molar-refractivity contribution in [2.45, 2.75) is 97.2 Å². The first-order valence-corrected chi connectivity index (χ1v) is 11.8. The second-order valence-corrected chi connectivity index (χ2v) is 10.8. The van der Waals surface area contributed by atoms with Crippen molar-refractivity contribution in [2.24, 2.45) is 23.2 Å². The third-order valence-electron chi connectivity index (χ3n) is 8.03. The van der Waals surface area contributed by atoms with E-state index >= 15 is 0 Å². The van der Waals surface area contributed by atoms with Crippen LogP contribution < -0.4 is 0 Å². The summed E-state index contributed by atoms with van der Waals surface area (Å²) in [5.74, 6) is 2.08. The lowest BCUT2D eigenvalue weighted by Gasteiger charge is -2.42. The molecule has 0 spiro atoms. The van der Waals surface area contributed by atoms with Crippen LogP contribution >= 0.6 is 0 Å². The van der Waals surface area contributed by atoms with E-state index in [1.54, 1.807) is 0 Å². The lowest BCUT2D eigenvalue weighted by atomic mass is 9.62. The number of rotatable bonds is 6. The summed E-state index contributed by atoms with van der Waals surface area (Å²) >= 11 is 0. The average molecular weight is 399 g/mol. The Morgan fingerprint density at radius 1 is 1.28 bits per heavy atom. The number of allylic oxidation sites excluding steroid dienone is 5. The molecule has 0 heterocycles. The van der Waals surface area contributed by atoms with Gasteiger partial charge in [0, 0.05) is 0 Å². The molecule has 2 nitrogen and oxygen atoms in total. The summed E-state index contributed by atoms with van der Waals surface area (Å²) < 4.78 is 0. The van der Waals surface area contributed by atoms with Gasteiger partial charge in [-0.25, -0.2) is 0 Å². The molecule has 3 rings (SSSR count). The SMILES string of the molecule is C=C1/C(=C/C=C2\C=CC[C@]3(C)[C@@H]([C@H](C)CCCC(C)(C)O)CC[C@@H]23)CCC[C@@H]1O. The number of aliphatic hydroxyl groups is 2. The minimum atomic E-state index is -0.546. The third kappa shape index (κ3) is 5.14. The summed E-state index contributed by atoms with van der Waals surface area (Å²) in [7, 11) is 0. The van der Waals surface area contributed by atoms with Crippen LogP contribution in [0.4, 0.5) is 0 Å². The van der Waals surface area contributed by atoms with Crippen molar-refractivity contribution in [1.82, 2.24) is 0 Å². The number of aliphatic hydroxyl groups excluding tert-OH is 1. The maximum absolute atomic E-state index is 10.1. The summed E-state index contributed by atoms with van der Waals surface area (Å²) in [6, 6.07) is 0. The second-order valence-electron chi connectivity index (χ2n) is 10.8. The van der Waals surface area contributed by atoms with Gasteiger partial charge in [-0.1, -0.05) is 57.6 Å². The molecule has 0 bridgehead atoms. The highest BCUT2D eigenvalue weighted by molar-refractivity contribution is 5.40. The quantitative estimate of drug-likeness (QED) is 0.535. The van der Waals surface area contributed by atoms with Crippen LogP contribution in [0.25, 0.3) is 0 Å². The maximum atomic E-state index is 10.1. The molecule has 0 saturated heterocycles. The predicted octanol–water partition coefficient (Wildman–Crippen LogP) is 6.51. The average Bonchev–Trinajstić information content (AvgIpc) is 2.99. The Morgan fingerprint density at radius 3 is 2.76 bits per heavy atom. The van der Waals surface area contributed by atoms with Gasteiger partial charge in [0.25, 0.3) is 0 Å². The summed E-state index contributed by atoms with van der Waals surface area (Å²) in [4.78, 5) is 0. The molecule has 3 aliphatic rings. The summed E-state index contributed by atoms with van der Waals surface area (Å²) in [5, 5.41) is 20.1. The zero-order valence-electron chi connectivity index (χ0n) is 19.1. The van der Waals surface area contributed by atoms with Gasteiger partial charge in [-0.3, -0.25) is 0 Å². The Bertz CT molecular complexity index is 690. The van der Waals surface area contributed by atoms with E-state index in [0.717, 1.165) is 43.6 Å².